The molecule has 1 fully saturated rings. The Morgan fingerprint density at radius 2 is 2.44 bits per heavy atom. The first-order chi connectivity index (χ1) is 8.58. The van der Waals surface area contributed by atoms with Crippen molar-refractivity contribution < 1.29 is 14.6 Å². The molecule has 1 aliphatic rings. The van der Waals surface area contributed by atoms with E-state index in [0.717, 1.165) is 31.8 Å². The Labute approximate surface area is 106 Å². The van der Waals surface area contributed by atoms with Gasteiger partial charge in [-0.3, -0.25) is 9.58 Å². The van der Waals surface area contributed by atoms with Gasteiger partial charge in [0.05, 0.1) is 18.0 Å². The first-order valence-corrected chi connectivity index (χ1v) is 6.16. The van der Waals surface area contributed by atoms with E-state index < -0.39 is 5.97 Å². The number of carbonyl (C=O) groups is 1. The van der Waals surface area contributed by atoms with Gasteiger partial charge in [0.1, 0.15) is 5.56 Å². The van der Waals surface area contributed by atoms with Crippen molar-refractivity contribution in [2.24, 2.45) is 7.05 Å². The molecule has 0 aromatic carbocycles. The zero-order chi connectivity index (χ0) is 13.1. The Morgan fingerprint density at radius 3 is 3.17 bits per heavy atom. The Kier molecular flexibility index (Phi) is 3.98. The smallest absolute Gasteiger partial charge is 0.339 e. The Bertz CT molecular complexity index is 430. The highest BCUT2D eigenvalue weighted by Gasteiger charge is 2.20. The maximum absolute atomic E-state index is 11.1. The van der Waals surface area contributed by atoms with Gasteiger partial charge in [-0.15, -0.1) is 0 Å². The average molecular weight is 253 g/mol. The average Bonchev–Trinajstić information content (AvgIpc) is 2.54. The Balaban J connectivity index is 2.12. The van der Waals surface area contributed by atoms with E-state index in [9.17, 15) is 4.79 Å². The number of nitrogens with zero attached hydrogens (tertiary/aromatic N) is 3. The van der Waals surface area contributed by atoms with Crippen LogP contribution in [-0.4, -0.2) is 51.6 Å². The summed E-state index contributed by atoms with van der Waals surface area (Å²) in [6.45, 7) is 5.17. The molecular formula is C12H19N3O3. The van der Waals surface area contributed by atoms with Crippen molar-refractivity contribution >= 4 is 5.97 Å². The molecule has 0 spiro atoms. The summed E-state index contributed by atoms with van der Waals surface area (Å²) in [4.78, 5) is 13.3. The Morgan fingerprint density at radius 1 is 1.67 bits per heavy atom. The van der Waals surface area contributed by atoms with Gasteiger partial charge >= 0.3 is 5.97 Å². The summed E-state index contributed by atoms with van der Waals surface area (Å²) in [5.74, 6) is -0.919. The number of ether oxygens (including phenoxy) is 1. The highest BCUT2D eigenvalue weighted by Crippen LogP contribution is 2.14. The molecule has 100 valence electrons. The van der Waals surface area contributed by atoms with Gasteiger partial charge in [0.2, 0.25) is 0 Å². The molecule has 6 nitrogen and oxygen atoms in total. The molecule has 1 saturated heterocycles. The van der Waals surface area contributed by atoms with Crippen molar-refractivity contribution in [3.05, 3.63) is 17.5 Å². The predicted octanol–water partition coefficient (Wildman–Crippen LogP) is 0.729. The van der Waals surface area contributed by atoms with Crippen LogP contribution in [0.4, 0.5) is 0 Å². The minimum absolute atomic E-state index is 0.189. The van der Waals surface area contributed by atoms with Gasteiger partial charge in [-0.25, -0.2) is 4.79 Å². The minimum Gasteiger partial charge on any atom is -0.478 e. The number of aryl methyl sites for hydroxylation is 1. The van der Waals surface area contributed by atoms with E-state index in [-0.39, 0.29) is 11.7 Å². The summed E-state index contributed by atoms with van der Waals surface area (Å²) in [6.07, 6.45) is 2.58. The molecule has 18 heavy (non-hydrogen) atoms. The fraction of sp³-hybridized carbons (Fsp3) is 0.667. The van der Waals surface area contributed by atoms with Crippen LogP contribution >= 0.6 is 0 Å². The van der Waals surface area contributed by atoms with Gasteiger partial charge < -0.3 is 9.84 Å². The number of hydrogen-bond acceptors (Lipinski definition) is 4. The first kappa shape index (κ1) is 13.0. The second-order valence-corrected chi connectivity index (χ2v) is 4.70. The topological polar surface area (TPSA) is 67.6 Å². The van der Waals surface area contributed by atoms with E-state index in [0.29, 0.717) is 6.54 Å². The minimum atomic E-state index is -0.919. The number of hydrogen-bond donors (Lipinski definition) is 1. The lowest BCUT2D eigenvalue weighted by Gasteiger charge is -2.22. The van der Waals surface area contributed by atoms with Crippen LogP contribution in [0.15, 0.2) is 6.20 Å². The van der Waals surface area contributed by atoms with E-state index in [2.05, 4.69) is 10.00 Å². The molecule has 1 aromatic heterocycles. The molecule has 1 N–H and O–H groups in total. The summed E-state index contributed by atoms with van der Waals surface area (Å²) in [6, 6.07) is 0. The lowest BCUT2D eigenvalue weighted by atomic mass is 10.2. The summed E-state index contributed by atoms with van der Waals surface area (Å²) < 4.78 is 7.22. The fourth-order valence-corrected chi connectivity index (χ4v) is 2.26. The van der Waals surface area contributed by atoms with Crippen molar-refractivity contribution in [3.8, 4) is 0 Å². The van der Waals surface area contributed by atoms with Gasteiger partial charge in [0.15, 0.2) is 0 Å². The van der Waals surface area contributed by atoms with E-state index in [4.69, 9.17) is 9.84 Å². The van der Waals surface area contributed by atoms with Crippen LogP contribution < -0.4 is 0 Å². The molecule has 0 bridgehead atoms. The molecule has 1 aliphatic heterocycles. The molecule has 0 amide bonds. The molecule has 2 heterocycles. The molecular weight excluding hydrogens is 234 g/mol. The number of rotatable bonds is 3. The highest BCUT2D eigenvalue weighted by molar-refractivity contribution is 5.88. The largest absolute Gasteiger partial charge is 0.478 e. The molecule has 6 heteroatoms. The van der Waals surface area contributed by atoms with E-state index >= 15 is 0 Å². The lowest BCUT2D eigenvalue weighted by molar-refractivity contribution is 0.0659. The standard InChI is InChI=1S/C12H19N3O3/c1-9-7-15(4-3-5-18-9)8-11-10(12(16)17)6-13-14(11)2/h6,9H,3-5,7-8H2,1-2H3,(H,16,17). The van der Waals surface area contributed by atoms with Gasteiger partial charge in [-0.2, -0.15) is 5.10 Å². The van der Waals surface area contributed by atoms with Crippen molar-refractivity contribution in [1.82, 2.24) is 14.7 Å². The summed E-state index contributed by atoms with van der Waals surface area (Å²) in [5.41, 5.74) is 1.03. The molecule has 0 radical (unpaired) electrons. The van der Waals surface area contributed by atoms with E-state index in [1.54, 1.807) is 11.7 Å². The second kappa shape index (κ2) is 5.49. The molecule has 0 saturated carbocycles. The lowest BCUT2D eigenvalue weighted by Crippen LogP contribution is -2.31. The summed E-state index contributed by atoms with van der Waals surface area (Å²) >= 11 is 0. The quantitative estimate of drug-likeness (QED) is 0.860. The monoisotopic (exact) mass is 253 g/mol. The van der Waals surface area contributed by atoms with Crippen molar-refractivity contribution in [2.75, 3.05) is 19.7 Å². The molecule has 0 aliphatic carbocycles. The highest BCUT2D eigenvalue weighted by atomic mass is 16.5. The van der Waals surface area contributed by atoms with Gasteiger partial charge in [0.25, 0.3) is 0 Å². The van der Waals surface area contributed by atoms with Gasteiger partial charge in [-0.1, -0.05) is 0 Å². The summed E-state index contributed by atoms with van der Waals surface area (Å²) in [5, 5.41) is 13.1. The van der Waals surface area contributed by atoms with Gasteiger partial charge in [-0.05, 0) is 13.3 Å². The van der Waals surface area contributed by atoms with Crippen molar-refractivity contribution in [2.45, 2.75) is 26.0 Å². The number of aromatic carboxylic acids is 1. The molecule has 1 atom stereocenters. The van der Waals surface area contributed by atoms with E-state index in [1.165, 1.54) is 6.20 Å². The number of aromatic nitrogens is 2. The third-order valence-electron chi connectivity index (χ3n) is 3.20. The van der Waals surface area contributed by atoms with Crippen LogP contribution in [0.25, 0.3) is 0 Å². The second-order valence-electron chi connectivity index (χ2n) is 4.70. The third kappa shape index (κ3) is 2.88. The van der Waals surface area contributed by atoms with E-state index in [1.807, 2.05) is 6.92 Å². The number of carboxylic acid groups (broad SMARTS) is 1. The molecule has 1 unspecified atom stereocenters. The first-order valence-electron chi connectivity index (χ1n) is 6.16. The molecule has 2 rings (SSSR count). The maximum atomic E-state index is 11.1. The fourth-order valence-electron chi connectivity index (χ4n) is 2.26. The van der Waals surface area contributed by atoms with Crippen LogP contribution in [0, 0.1) is 0 Å². The maximum Gasteiger partial charge on any atom is 0.339 e. The zero-order valence-electron chi connectivity index (χ0n) is 10.8. The summed E-state index contributed by atoms with van der Waals surface area (Å²) in [7, 11) is 1.78. The van der Waals surface area contributed by atoms with Crippen molar-refractivity contribution in [1.29, 1.82) is 0 Å². The normalized spacial score (nSPS) is 21.8. The Hall–Kier alpha value is -1.40. The van der Waals surface area contributed by atoms with Crippen LogP contribution in [0.1, 0.15) is 29.4 Å². The predicted molar refractivity (Wildman–Crippen MR) is 65.5 cm³/mol. The van der Waals surface area contributed by atoms with Crippen LogP contribution in [0.5, 0.6) is 0 Å². The SMILES string of the molecule is CC1CN(Cc2c(C(=O)O)cnn2C)CCCO1. The van der Waals surface area contributed by atoms with Crippen molar-refractivity contribution in [3.63, 3.8) is 0 Å². The van der Waals surface area contributed by atoms with Gasteiger partial charge in [0, 0.05) is 33.3 Å². The number of carboxylic acids is 1. The molecule has 1 aromatic rings. The van der Waals surface area contributed by atoms with Crippen LogP contribution in [0.3, 0.4) is 0 Å². The zero-order valence-corrected chi connectivity index (χ0v) is 10.8. The third-order valence-corrected chi connectivity index (χ3v) is 3.20. The van der Waals surface area contributed by atoms with Crippen LogP contribution in [0.2, 0.25) is 0 Å². The van der Waals surface area contributed by atoms with Crippen LogP contribution in [-0.2, 0) is 18.3 Å².